The monoisotopic (exact) mass is 403 g/mol. The zero-order valence-electron chi connectivity index (χ0n) is 13.3. The van der Waals surface area contributed by atoms with Gasteiger partial charge in [-0.15, -0.1) is 0 Å². The Kier molecular flexibility index (Phi) is 6.43. The molecule has 0 aliphatic heterocycles. The Bertz CT molecular complexity index is 870. The number of hydrogen-bond acceptors (Lipinski definition) is 3. The van der Waals surface area contributed by atoms with Crippen LogP contribution in [-0.4, -0.2) is 26.1 Å². The van der Waals surface area contributed by atoms with Crippen LogP contribution < -0.4 is 5.32 Å². The van der Waals surface area contributed by atoms with Crippen molar-refractivity contribution < 1.29 is 17.6 Å². The number of carbonyl (C=O) groups excluding carboxylic acids is 1. The Morgan fingerprint density at radius 1 is 1.16 bits per heavy atom. The number of benzene rings is 2. The number of rotatable bonds is 6. The molecule has 0 spiro atoms. The van der Waals surface area contributed by atoms with E-state index < -0.39 is 26.8 Å². The average molecular weight is 404 g/mol. The summed E-state index contributed by atoms with van der Waals surface area (Å²) in [6.45, 7) is 1.50. The van der Waals surface area contributed by atoms with Crippen molar-refractivity contribution in [2.24, 2.45) is 0 Å². The Morgan fingerprint density at radius 3 is 2.44 bits per heavy atom. The first-order valence-corrected chi connectivity index (χ1v) is 9.73. The molecule has 1 atom stereocenters. The Hall–Kier alpha value is -1.63. The number of sulfone groups is 1. The van der Waals surface area contributed by atoms with Crippen LogP contribution in [0.5, 0.6) is 0 Å². The second-order valence-electron chi connectivity index (χ2n) is 5.40. The van der Waals surface area contributed by atoms with Gasteiger partial charge < -0.3 is 5.32 Å². The van der Waals surface area contributed by atoms with E-state index in [2.05, 4.69) is 5.32 Å². The van der Waals surface area contributed by atoms with Crippen molar-refractivity contribution in [3.63, 3.8) is 0 Å². The maximum Gasteiger partial charge on any atom is 0.238 e. The van der Waals surface area contributed by atoms with Crippen LogP contribution in [0.4, 0.5) is 4.39 Å². The summed E-state index contributed by atoms with van der Waals surface area (Å²) in [5.74, 6) is -1.18. The molecule has 0 radical (unpaired) electrons. The zero-order valence-corrected chi connectivity index (χ0v) is 15.6. The molecule has 0 bridgehead atoms. The molecule has 4 nitrogen and oxygen atoms in total. The Balaban J connectivity index is 2.00. The number of nitrogens with one attached hydrogen (secondary N) is 1. The van der Waals surface area contributed by atoms with Crippen LogP contribution in [0, 0.1) is 5.82 Å². The number of halogens is 3. The third-order valence-corrected chi connectivity index (χ3v) is 6.63. The quantitative estimate of drug-likeness (QED) is 0.748. The second-order valence-corrected chi connectivity index (χ2v) is 8.45. The zero-order chi connectivity index (χ0) is 18.6. The van der Waals surface area contributed by atoms with Crippen molar-refractivity contribution in [2.45, 2.75) is 23.5 Å². The van der Waals surface area contributed by atoms with Crippen molar-refractivity contribution in [1.82, 2.24) is 5.32 Å². The molecule has 2 aromatic carbocycles. The van der Waals surface area contributed by atoms with Gasteiger partial charge in [0, 0.05) is 6.54 Å². The van der Waals surface area contributed by atoms with Gasteiger partial charge in [0.15, 0.2) is 9.84 Å². The van der Waals surface area contributed by atoms with Gasteiger partial charge in [-0.25, -0.2) is 12.8 Å². The van der Waals surface area contributed by atoms with Crippen LogP contribution in [0.2, 0.25) is 10.0 Å². The molecule has 1 unspecified atom stereocenters. The number of amides is 1. The Labute approximate surface area is 155 Å². The van der Waals surface area contributed by atoms with Crippen molar-refractivity contribution in [1.29, 1.82) is 0 Å². The van der Waals surface area contributed by atoms with E-state index in [1.165, 1.54) is 6.92 Å². The average Bonchev–Trinajstić information content (AvgIpc) is 2.58. The maximum absolute atomic E-state index is 12.9. The van der Waals surface area contributed by atoms with E-state index in [9.17, 15) is 17.6 Å². The van der Waals surface area contributed by atoms with E-state index in [0.29, 0.717) is 16.5 Å². The molecule has 0 aromatic heterocycles. The molecule has 25 heavy (non-hydrogen) atoms. The molecule has 1 N–H and O–H groups in total. The van der Waals surface area contributed by atoms with E-state index in [0.717, 1.165) is 29.8 Å². The lowest BCUT2D eigenvalue weighted by molar-refractivity contribution is -0.120. The topological polar surface area (TPSA) is 63.2 Å². The fourth-order valence-electron chi connectivity index (χ4n) is 2.17. The second kappa shape index (κ2) is 8.17. The van der Waals surface area contributed by atoms with Gasteiger partial charge in [-0.1, -0.05) is 35.3 Å². The molecule has 2 rings (SSSR count). The minimum atomic E-state index is -3.89. The molecular formula is C17H16Cl2FNO3S. The van der Waals surface area contributed by atoms with Gasteiger partial charge >= 0.3 is 0 Å². The van der Waals surface area contributed by atoms with Gasteiger partial charge in [-0.3, -0.25) is 4.79 Å². The SMILES string of the molecule is CC(C(=O)NCCc1cccc(Cl)c1Cl)S(=O)(=O)c1ccc(F)cc1. The molecule has 0 fully saturated rings. The molecule has 0 aliphatic carbocycles. The van der Waals surface area contributed by atoms with Crippen LogP contribution in [0.1, 0.15) is 12.5 Å². The molecule has 2 aromatic rings. The first-order valence-electron chi connectivity index (χ1n) is 7.43. The smallest absolute Gasteiger partial charge is 0.238 e. The first kappa shape index (κ1) is 19.7. The van der Waals surface area contributed by atoms with Gasteiger partial charge in [0.2, 0.25) is 5.91 Å². The predicted octanol–water partition coefficient (Wildman–Crippen LogP) is 3.65. The third-order valence-electron chi connectivity index (χ3n) is 3.70. The summed E-state index contributed by atoms with van der Waals surface area (Å²) in [6.07, 6.45) is 0.411. The molecule has 0 aliphatic rings. The van der Waals surface area contributed by atoms with Gasteiger partial charge in [-0.2, -0.15) is 0 Å². The molecule has 8 heteroatoms. The summed E-state index contributed by atoms with van der Waals surface area (Å²) < 4.78 is 37.7. The van der Waals surface area contributed by atoms with Crippen molar-refractivity contribution >= 4 is 38.9 Å². The third kappa shape index (κ3) is 4.71. The lowest BCUT2D eigenvalue weighted by atomic mass is 10.1. The normalized spacial score (nSPS) is 12.6. The van der Waals surface area contributed by atoms with E-state index >= 15 is 0 Å². The molecular weight excluding hydrogens is 388 g/mol. The van der Waals surface area contributed by atoms with E-state index in [1.807, 2.05) is 0 Å². The van der Waals surface area contributed by atoms with Crippen LogP contribution in [0.3, 0.4) is 0 Å². The van der Waals surface area contributed by atoms with Crippen LogP contribution in [0.15, 0.2) is 47.4 Å². The van der Waals surface area contributed by atoms with Crippen LogP contribution in [-0.2, 0) is 21.1 Å². The lowest BCUT2D eigenvalue weighted by Crippen LogP contribution is -2.38. The summed E-state index contributed by atoms with van der Waals surface area (Å²) in [6, 6.07) is 9.53. The Morgan fingerprint density at radius 2 is 1.80 bits per heavy atom. The predicted molar refractivity (Wildman–Crippen MR) is 96.2 cm³/mol. The minimum Gasteiger partial charge on any atom is -0.355 e. The minimum absolute atomic E-state index is 0.102. The van der Waals surface area contributed by atoms with Gasteiger partial charge in [0.05, 0.1) is 14.9 Å². The van der Waals surface area contributed by atoms with E-state index in [-0.39, 0.29) is 11.4 Å². The molecule has 1 amide bonds. The number of carbonyl (C=O) groups is 1. The largest absolute Gasteiger partial charge is 0.355 e. The molecule has 0 heterocycles. The van der Waals surface area contributed by atoms with Gasteiger partial charge in [0.1, 0.15) is 11.1 Å². The highest BCUT2D eigenvalue weighted by atomic mass is 35.5. The van der Waals surface area contributed by atoms with Crippen molar-refractivity contribution in [3.05, 3.63) is 63.9 Å². The summed E-state index contributed by atoms with van der Waals surface area (Å²) in [5.41, 5.74) is 0.753. The summed E-state index contributed by atoms with van der Waals surface area (Å²) in [4.78, 5) is 12.0. The maximum atomic E-state index is 12.9. The lowest BCUT2D eigenvalue weighted by Gasteiger charge is -2.14. The summed E-state index contributed by atoms with van der Waals surface area (Å²) in [7, 11) is -3.89. The van der Waals surface area contributed by atoms with Crippen molar-refractivity contribution in [2.75, 3.05) is 6.54 Å². The van der Waals surface area contributed by atoms with Crippen LogP contribution in [0.25, 0.3) is 0 Å². The highest BCUT2D eigenvalue weighted by molar-refractivity contribution is 7.92. The van der Waals surface area contributed by atoms with Gasteiger partial charge in [0.25, 0.3) is 0 Å². The first-order chi connectivity index (χ1) is 11.7. The van der Waals surface area contributed by atoms with Crippen LogP contribution >= 0.6 is 23.2 Å². The fourth-order valence-corrected chi connectivity index (χ4v) is 3.88. The highest BCUT2D eigenvalue weighted by Crippen LogP contribution is 2.25. The summed E-state index contributed by atoms with van der Waals surface area (Å²) >= 11 is 12.0. The fraction of sp³-hybridized carbons (Fsp3) is 0.235. The van der Waals surface area contributed by atoms with Gasteiger partial charge in [-0.05, 0) is 49.2 Å². The standard InChI is InChI=1S/C17H16Cl2FNO3S/c1-11(25(23,24)14-7-5-13(20)6-8-14)17(22)21-10-9-12-3-2-4-15(18)16(12)19/h2-8,11H,9-10H2,1H3,(H,21,22). The number of hydrogen-bond donors (Lipinski definition) is 1. The van der Waals surface area contributed by atoms with E-state index in [1.54, 1.807) is 18.2 Å². The van der Waals surface area contributed by atoms with Crippen molar-refractivity contribution in [3.8, 4) is 0 Å². The molecule has 134 valence electrons. The van der Waals surface area contributed by atoms with E-state index in [4.69, 9.17) is 23.2 Å². The summed E-state index contributed by atoms with van der Waals surface area (Å²) in [5, 5.41) is 2.09. The molecule has 0 saturated heterocycles. The molecule has 0 saturated carbocycles. The highest BCUT2D eigenvalue weighted by Gasteiger charge is 2.29.